The molecule has 0 fully saturated rings. The third-order valence-corrected chi connectivity index (χ3v) is 2.74. The van der Waals surface area contributed by atoms with E-state index in [1.807, 2.05) is 11.6 Å². The fourth-order valence-electron chi connectivity index (χ4n) is 1.67. The average Bonchev–Trinajstić information content (AvgIpc) is 2.52. The highest BCUT2D eigenvalue weighted by atomic mass is 35.5. The van der Waals surface area contributed by atoms with Crippen molar-refractivity contribution in [2.75, 3.05) is 5.88 Å². The third kappa shape index (κ3) is 1.97. The Hall–Kier alpha value is -1.09. The molecule has 0 bridgehead atoms. The molecule has 0 N–H and O–H groups in total. The molecule has 4 heteroatoms. The maximum Gasteiger partial charge on any atom is 0.125 e. The second-order valence-corrected chi connectivity index (χ2v) is 3.89. The van der Waals surface area contributed by atoms with Gasteiger partial charge in [0.1, 0.15) is 11.6 Å². The quantitative estimate of drug-likeness (QED) is 0.736. The molecule has 0 saturated heterocycles. The molecule has 2 nitrogen and oxygen atoms in total. The summed E-state index contributed by atoms with van der Waals surface area (Å²) >= 11 is 5.63. The summed E-state index contributed by atoms with van der Waals surface area (Å²) in [6, 6.07) is 4.66. The molecule has 0 unspecified atom stereocenters. The Morgan fingerprint density at radius 1 is 1.47 bits per heavy atom. The van der Waals surface area contributed by atoms with Crippen molar-refractivity contribution >= 4 is 22.6 Å². The van der Waals surface area contributed by atoms with Crippen LogP contribution in [0.4, 0.5) is 4.39 Å². The van der Waals surface area contributed by atoms with Gasteiger partial charge in [-0.25, -0.2) is 9.37 Å². The first-order valence-electron chi connectivity index (χ1n) is 4.89. The van der Waals surface area contributed by atoms with E-state index in [9.17, 15) is 4.39 Å². The number of hydrogen-bond acceptors (Lipinski definition) is 1. The van der Waals surface area contributed by atoms with E-state index in [0.717, 1.165) is 24.2 Å². The minimum atomic E-state index is -0.246. The standard InChI is InChI=1S/C11H12ClFN2/c1-15-10-5-4-8(13)7-9(10)14-11(15)3-2-6-12/h4-5,7H,2-3,6H2,1H3. The van der Waals surface area contributed by atoms with Crippen LogP contribution in [0, 0.1) is 5.82 Å². The largest absolute Gasteiger partial charge is 0.331 e. The molecule has 1 aromatic heterocycles. The van der Waals surface area contributed by atoms with Gasteiger partial charge >= 0.3 is 0 Å². The number of nitrogens with zero attached hydrogens (tertiary/aromatic N) is 2. The summed E-state index contributed by atoms with van der Waals surface area (Å²) in [7, 11) is 1.94. The highest BCUT2D eigenvalue weighted by Crippen LogP contribution is 2.17. The van der Waals surface area contributed by atoms with Crippen LogP contribution in [0.3, 0.4) is 0 Å². The summed E-state index contributed by atoms with van der Waals surface area (Å²) < 4.78 is 14.9. The zero-order chi connectivity index (χ0) is 10.8. The van der Waals surface area contributed by atoms with Gasteiger partial charge in [-0.2, -0.15) is 0 Å². The van der Waals surface area contributed by atoms with Crippen LogP contribution in [0.25, 0.3) is 11.0 Å². The molecule has 0 aliphatic heterocycles. The Morgan fingerprint density at radius 2 is 2.27 bits per heavy atom. The lowest BCUT2D eigenvalue weighted by Crippen LogP contribution is -1.98. The molecule has 0 aliphatic rings. The van der Waals surface area contributed by atoms with Crippen LogP contribution in [0.1, 0.15) is 12.2 Å². The highest BCUT2D eigenvalue weighted by Gasteiger charge is 2.07. The van der Waals surface area contributed by atoms with E-state index in [4.69, 9.17) is 11.6 Å². The Kier molecular flexibility index (Phi) is 2.91. The van der Waals surface area contributed by atoms with E-state index < -0.39 is 0 Å². The summed E-state index contributed by atoms with van der Waals surface area (Å²) in [6.45, 7) is 0. The zero-order valence-electron chi connectivity index (χ0n) is 8.50. The van der Waals surface area contributed by atoms with E-state index in [1.165, 1.54) is 12.1 Å². The second-order valence-electron chi connectivity index (χ2n) is 3.51. The summed E-state index contributed by atoms with van der Waals surface area (Å²) in [5.74, 6) is 1.33. The van der Waals surface area contributed by atoms with Gasteiger partial charge in [0, 0.05) is 25.4 Å². The van der Waals surface area contributed by atoms with Crippen molar-refractivity contribution in [1.82, 2.24) is 9.55 Å². The van der Waals surface area contributed by atoms with Crippen LogP contribution in [0.5, 0.6) is 0 Å². The molecular weight excluding hydrogens is 215 g/mol. The predicted octanol–water partition coefficient (Wildman–Crippen LogP) is 2.88. The van der Waals surface area contributed by atoms with Crippen molar-refractivity contribution in [2.24, 2.45) is 7.05 Å². The van der Waals surface area contributed by atoms with Crippen LogP contribution >= 0.6 is 11.6 Å². The minimum absolute atomic E-state index is 0.246. The van der Waals surface area contributed by atoms with Crippen molar-refractivity contribution in [3.63, 3.8) is 0 Å². The van der Waals surface area contributed by atoms with Crippen molar-refractivity contribution in [3.8, 4) is 0 Å². The topological polar surface area (TPSA) is 17.8 Å². The number of hydrogen-bond donors (Lipinski definition) is 0. The molecule has 15 heavy (non-hydrogen) atoms. The molecule has 1 aromatic carbocycles. The Labute approximate surface area is 92.7 Å². The smallest absolute Gasteiger partial charge is 0.125 e. The van der Waals surface area contributed by atoms with Gasteiger partial charge in [0.15, 0.2) is 0 Å². The number of halogens is 2. The highest BCUT2D eigenvalue weighted by molar-refractivity contribution is 6.17. The van der Waals surface area contributed by atoms with Crippen LogP contribution in [-0.4, -0.2) is 15.4 Å². The number of aromatic nitrogens is 2. The van der Waals surface area contributed by atoms with Crippen molar-refractivity contribution < 1.29 is 4.39 Å². The van der Waals surface area contributed by atoms with Gasteiger partial charge < -0.3 is 4.57 Å². The molecule has 0 radical (unpaired) electrons. The summed E-state index contributed by atoms with van der Waals surface area (Å²) in [6.07, 6.45) is 1.72. The van der Waals surface area contributed by atoms with Gasteiger partial charge in [0.05, 0.1) is 11.0 Å². The lowest BCUT2D eigenvalue weighted by molar-refractivity contribution is 0.629. The Bertz CT molecular complexity index is 479. The first kappa shape index (κ1) is 10.4. The van der Waals surface area contributed by atoms with Crippen molar-refractivity contribution in [2.45, 2.75) is 12.8 Å². The van der Waals surface area contributed by atoms with E-state index in [0.29, 0.717) is 11.4 Å². The first-order chi connectivity index (χ1) is 7.22. The normalized spacial score (nSPS) is 11.1. The molecular formula is C11H12ClFN2. The Morgan fingerprint density at radius 3 is 3.00 bits per heavy atom. The van der Waals surface area contributed by atoms with Gasteiger partial charge in [-0.3, -0.25) is 0 Å². The SMILES string of the molecule is Cn1c(CCCCl)nc2cc(F)ccc21. The zero-order valence-corrected chi connectivity index (χ0v) is 9.26. The molecule has 2 rings (SSSR count). The molecule has 0 aliphatic carbocycles. The van der Waals surface area contributed by atoms with Crippen LogP contribution < -0.4 is 0 Å². The van der Waals surface area contributed by atoms with E-state index in [-0.39, 0.29) is 5.82 Å². The first-order valence-corrected chi connectivity index (χ1v) is 5.42. The van der Waals surface area contributed by atoms with Crippen LogP contribution in [-0.2, 0) is 13.5 Å². The lowest BCUT2D eigenvalue weighted by atomic mass is 10.3. The number of benzene rings is 1. The summed E-state index contributed by atoms with van der Waals surface area (Å²) in [5, 5.41) is 0. The molecule has 80 valence electrons. The number of imidazole rings is 1. The van der Waals surface area contributed by atoms with Gasteiger partial charge in [-0.15, -0.1) is 11.6 Å². The Balaban J connectivity index is 2.44. The number of rotatable bonds is 3. The van der Waals surface area contributed by atoms with Crippen LogP contribution in [0.15, 0.2) is 18.2 Å². The monoisotopic (exact) mass is 226 g/mol. The molecule has 1 heterocycles. The molecule has 0 spiro atoms. The minimum Gasteiger partial charge on any atom is -0.331 e. The number of alkyl halides is 1. The molecule has 2 aromatic rings. The number of fused-ring (bicyclic) bond motifs is 1. The fraction of sp³-hybridized carbons (Fsp3) is 0.364. The number of aryl methyl sites for hydroxylation is 2. The van der Waals surface area contributed by atoms with E-state index in [2.05, 4.69) is 4.98 Å². The summed E-state index contributed by atoms with van der Waals surface area (Å²) in [5.41, 5.74) is 1.67. The van der Waals surface area contributed by atoms with Gasteiger partial charge in [0.25, 0.3) is 0 Å². The maximum absolute atomic E-state index is 13.0. The lowest BCUT2D eigenvalue weighted by Gasteiger charge is -1.99. The second kappa shape index (κ2) is 4.19. The average molecular weight is 227 g/mol. The maximum atomic E-state index is 13.0. The summed E-state index contributed by atoms with van der Waals surface area (Å²) in [4.78, 5) is 4.37. The van der Waals surface area contributed by atoms with Crippen LogP contribution in [0.2, 0.25) is 0 Å². The van der Waals surface area contributed by atoms with E-state index >= 15 is 0 Å². The van der Waals surface area contributed by atoms with Gasteiger partial charge in [-0.05, 0) is 18.6 Å². The van der Waals surface area contributed by atoms with Gasteiger partial charge in [0.2, 0.25) is 0 Å². The fourth-order valence-corrected chi connectivity index (χ4v) is 1.81. The predicted molar refractivity (Wildman–Crippen MR) is 59.7 cm³/mol. The van der Waals surface area contributed by atoms with Crippen molar-refractivity contribution in [1.29, 1.82) is 0 Å². The van der Waals surface area contributed by atoms with Crippen molar-refractivity contribution in [3.05, 3.63) is 29.8 Å². The third-order valence-electron chi connectivity index (χ3n) is 2.47. The molecule has 0 amide bonds. The van der Waals surface area contributed by atoms with Gasteiger partial charge in [-0.1, -0.05) is 0 Å². The molecule has 0 saturated carbocycles. The van der Waals surface area contributed by atoms with E-state index in [1.54, 1.807) is 6.07 Å². The molecule has 0 atom stereocenters.